The molecule has 0 fully saturated rings. The SMILES string of the molecule is Cc1cccc(C(=O)Nc2cc(Oc3ccc(C(F)(F)F)nc3)ccn2)c1. The van der Waals surface area contributed by atoms with Gasteiger partial charge < -0.3 is 10.1 Å². The molecule has 1 amide bonds. The molecule has 0 saturated carbocycles. The molecule has 138 valence electrons. The number of nitrogens with one attached hydrogen (secondary N) is 1. The quantitative estimate of drug-likeness (QED) is 0.710. The topological polar surface area (TPSA) is 64.1 Å². The Morgan fingerprint density at radius 2 is 1.85 bits per heavy atom. The monoisotopic (exact) mass is 373 g/mol. The largest absolute Gasteiger partial charge is 0.456 e. The molecule has 8 heteroatoms. The van der Waals surface area contributed by atoms with Gasteiger partial charge >= 0.3 is 6.18 Å². The summed E-state index contributed by atoms with van der Waals surface area (Å²) in [6, 6.07) is 12.0. The molecule has 1 aromatic carbocycles. The molecule has 0 aliphatic carbocycles. The van der Waals surface area contributed by atoms with Crippen molar-refractivity contribution in [3.05, 3.63) is 77.7 Å². The van der Waals surface area contributed by atoms with Crippen LogP contribution in [-0.2, 0) is 6.18 Å². The molecule has 0 saturated heterocycles. The Labute approximate surface area is 152 Å². The van der Waals surface area contributed by atoms with Crippen molar-refractivity contribution in [2.45, 2.75) is 13.1 Å². The van der Waals surface area contributed by atoms with Gasteiger partial charge in [0.15, 0.2) is 0 Å². The Bertz CT molecular complexity index is 957. The molecule has 0 aliphatic heterocycles. The predicted molar refractivity (Wildman–Crippen MR) is 92.7 cm³/mol. The molecule has 27 heavy (non-hydrogen) atoms. The average Bonchev–Trinajstić information content (AvgIpc) is 2.62. The molecule has 2 aromatic heterocycles. The van der Waals surface area contributed by atoms with Crippen molar-refractivity contribution in [2.24, 2.45) is 0 Å². The van der Waals surface area contributed by atoms with Crippen molar-refractivity contribution >= 4 is 11.7 Å². The third-order valence-electron chi connectivity index (χ3n) is 3.52. The first-order valence-electron chi connectivity index (χ1n) is 7.86. The fourth-order valence-electron chi connectivity index (χ4n) is 2.26. The minimum atomic E-state index is -4.51. The Morgan fingerprint density at radius 3 is 2.52 bits per heavy atom. The molecular weight excluding hydrogens is 359 g/mol. The van der Waals surface area contributed by atoms with Gasteiger partial charge in [0, 0.05) is 17.8 Å². The van der Waals surface area contributed by atoms with Crippen molar-refractivity contribution in [3.8, 4) is 11.5 Å². The van der Waals surface area contributed by atoms with Gasteiger partial charge in [-0.05, 0) is 37.3 Å². The number of hydrogen-bond donors (Lipinski definition) is 1. The molecule has 5 nitrogen and oxygen atoms in total. The third-order valence-corrected chi connectivity index (χ3v) is 3.52. The standard InChI is InChI=1S/C19H14F3N3O2/c1-12-3-2-4-13(9-12)18(26)25-17-10-14(7-8-23-17)27-15-5-6-16(24-11-15)19(20,21)22/h2-11H,1H3,(H,23,25,26). The number of aryl methyl sites for hydroxylation is 1. The zero-order valence-electron chi connectivity index (χ0n) is 14.1. The number of halogens is 3. The van der Waals surface area contributed by atoms with Gasteiger partial charge in [0.2, 0.25) is 0 Å². The van der Waals surface area contributed by atoms with Crippen LogP contribution in [0.25, 0.3) is 0 Å². The van der Waals surface area contributed by atoms with Crippen LogP contribution in [-0.4, -0.2) is 15.9 Å². The number of nitrogens with zero attached hydrogens (tertiary/aromatic N) is 2. The number of amides is 1. The number of pyridine rings is 2. The summed E-state index contributed by atoms with van der Waals surface area (Å²) in [5, 5.41) is 2.65. The van der Waals surface area contributed by atoms with Crippen LogP contribution >= 0.6 is 0 Å². The number of hydrogen-bond acceptors (Lipinski definition) is 4. The second kappa shape index (κ2) is 7.45. The number of carbonyl (C=O) groups excluding carboxylic acids is 1. The summed E-state index contributed by atoms with van der Waals surface area (Å²) in [4.78, 5) is 19.6. The van der Waals surface area contributed by atoms with Crippen LogP contribution in [0.1, 0.15) is 21.6 Å². The number of ether oxygens (including phenoxy) is 1. The number of carbonyl (C=O) groups is 1. The van der Waals surface area contributed by atoms with Crippen molar-refractivity contribution in [1.82, 2.24) is 9.97 Å². The maximum Gasteiger partial charge on any atom is 0.433 e. The van der Waals surface area contributed by atoms with E-state index in [1.165, 1.54) is 24.4 Å². The van der Waals surface area contributed by atoms with Gasteiger partial charge in [-0.1, -0.05) is 17.7 Å². The van der Waals surface area contributed by atoms with Crippen molar-refractivity contribution in [1.29, 1.82) is 0 Å². The summed E-state index contributed by atoms with van der Waals surface area (Å²) < 4.78 is 43.1. The predicted octanol–water partition coefficient (Wildman–Crippen LogP) is 4.85. The normalized spacial score (nSPS) is 11.1. The summed E-state index contributed by atoms with van der Waals surface area (Å²) in [7, 11) is 0. The Morgan fingerprint density at radius 1 is 1.04 bits per heavy atom. The number of aromatic nitrogens is 2. The van der Waals surface area contributed by atoms with E-state index in [0.29, 0.717) is 11.3 Å². The van der Waals surface area contributed by atoms with Gasteiger partial charge in [0.1, 0.15) is 23.0 Å². The number of alkyl halides is 3. The second-order valence-electron chi connectivity index (χ2n) is 5.68. The molecule has 0 aliphatic rings. The van der Waals surface area contributed by atoms with E-state index in [4.69, 9.17) is 4.74 Å². The van der Waals surface area contributed by atoms with Crippen molar-refractivity contribution in [3.63, 3.8) is 0 Å². The highest BCUT2D eigenvalue weighted by Crippen LogP contribution is 2.29. The first kappa shape index (κ1) is 18.4. The molecule has 0 unspecified atom stereocenters. The molecule has 1 N–H and O–H groups in total. The fraction of sp³-hybridized carbons (Fsp3) is 0.105. The summed E-state index contributed by atoms with van der Waals surface area (Å²) >= 11 is 0. The highest BCUT2D eigenvalue weighted by molar-refractivity contribution is 6.03. The minimum absolute atomic E-state index is 0.130. The van der Waals surface area contributed by atoms with Crippen LogP contribution in [0.5, 0.6) is 11.5 Å². The van der Waals surface area contributed by atoms with Crippen LogP contribution < -0.4 is 10.1 Å². The van der Waals surface area contributed by atoms with Crippen LogP contribution in [0.4, 0.5) is 19.0 Å². The lowest BCUT2D eigenvalue weighted by Gasteiger charge is -2.09. The van der Waals surface area contributed by atoms with Gasteiger partial charge in [-0.25, -0.2) is 9.97 Å². The molecular formula is C19H14F3N3O2. The van der Waals surface area contributed by atoms with E-state index in [9.17, 15) is 18.0 Å². The van der Waals surface area contributed by atoms with Gasteiger partial charge in [-0.3, -0.25) is 4.79 Å². The molecule has 0 bridgehead atoms. The summed E-state index contributed by atoms with van der Waals surface area (Å²) in [6.45, 7) is 1.88. The van der Waals surface area contributed by atoms with Gasteiger partial charge in [0.05, 0.1) is 6.20 Å². The van der Waals surface area contributed by atoms with Crippen molar-refractivity contribution < 1.29 is 22.7 Å². The summed E-state index contributed by atoms with van der Waals surface area (Å²) in [6.07, 6.45) is -2.12. The minimum Gasteiger partial charge on any atom is -0.456 e. The van der Waals surface area contributed by atoms with E-state index in [0.717, 1.165) is 17.8 Å². The highest BCUT2D eigenvalue weighted by Gasteiger charge is 2.32. The zero-order valence-corrected chi connectivity index (χ0v) is 14.1. The van der Waals surface area contributed by atoms with Crippen molar-refractivity contribution in [2.75, 3.05) is 5.32 Å². The van der Waals surface area contributed by atoms with E-state index in [-0.39, 0.29) is 17.5 Å². The Kier molecular flexibility index (Phi) is 5.07. The van der Waals surface area contributed by atoms with Gasteiger partial charge in [0.25, 0.3) is 5.91 Å². The molecule has 0 radical (unpaired) electrons. The Balaban J connectivity index is 1.71. The average molecular weight is 373 g/mol. The summed E-state index contributed by atoms with van der Waals surface area (Å²) in [5.41, 5.74) is 0.424. The molecule has 3 rings (SSSR count). The lowest BCUT2D eigenvalue weighted by molar-refractivity contribution is -0.141. The maximum atomic E-state index is 12.5. The number of anilines is 1. The third kappa shape index (κ3) is 4.81. The lowest BCUT2D eigenvalue weighted by atomic mass is 10.1. The molecule has 0 spiro atoms. The maximum absolute atomic E-state index is 12.5. The van der Waals surface area contributed by atoms with Crippen LogP contribution in [0.2, 0.25) is 0 Å². The number of benzene rings is 1. The van der Waals surface area contributed by atoms with E-state index < -0.39 is 11.9 Å². The summed E-state index contributed by atoms with van der Waals surface area (Å²) in [5.74, 6) is 0.342. The van der Waals surface area contributed by atoms with E-state index in [2.05, 4.69) is 15.3 Å². The van der Waals surface area contributed by atoms with Gasteiger partial charge in [-0.2, -0.15) is 13.2 Å². The highest BCUT2D eigenvalue weighted by atomic mass is 19.4. The first-order chi connectivity index (χ1) is 12.8. The number of rotatable bonds is 4. The molecule has 0 atom stereocenters. The first-order valence-corrected chi connectivity index (χ1v) is 7.86. The second-order valence-corrected chi connectivity index (χ2v) is 5.68. The Hall–Kier alpha value is -3.42. The lowest BCUT2D eigenvalue weighted by Crippen LogP contribution is -2.13. The smallest absolute Gasteiger partial charge is 0.433 e. The van der Waals surface area contributed by atoms with Crippen LogP contribution in [0, 0.1) is 6.92 Å². The van der Waals surface area contributed by atoms with E-state index in [1.807, 2.05) is 13.0 Å². The van der Waals surface area contributed by atoms with E-state index >= 15 is 0 Å². The van der Waals surface area contributed by atoms with E-state index in [1.54, 1.807) is 18.2 Å². The molecule has 2 heterocycles. The van der Waals surface area contributed by atoms with Gasteiger partial charge in [-0.15, -0.1) is 0 Å². The fourth-order valence-corrected chi connectivity index (χ4v) is 2.26. The van der Waals surface area contributed by atoms with Crippen LogP contribution in [0.3, 0.4) is 0 Å². The van der Waals surface area contributed by atoms with Crippen LogP contribution in [0.15, 0.2) is 60.9 Å². The zero-order chi connectivity index (χ0) is 19.4. The molecule has 3 aromatic rings.